The van der Waals surface area contributed by atoms with Crippen LogP contribution in [0.1, 0.15) is 33.6 Å². The Bertz CT molecular complexity index is 425. The van der Waals surface area contributed by atoms with E-state index in [0.29, 0.717) is 23.9 Å². The predicted molar refractivity (Wildman–Crippen MR) is 80.5 cm³/mol. The van der Waals surface area contributed by atoms with Gasteiger partial charge in [-0.1, -0.05) is 20.8 Å². The maximum atomic E-state index is 13.7. The third-order valence-electron chi connectivity index (χ3n) is 2.90. The first kappa shape index (κ1) is 16.6. The van der Waals surface area contributed by atoms with Crippen LogP contribution in [0.5, 0.6) is 5.75 Å². The fraction of sp³-hybridized carbons (Fsp3) is 0.600. The van der Waals surface area contributed by atoms with Gasteiger partial charge in [0.15, 0.2) is 11.6 Å². The average molecular weight is 284 g/mol. The summed E-state index contributed by atoms with van der Waals surface area (Å²) in [7, 11) is 0. The van der Waals surface area contributed by atoms with Gasteiger partial charge in [0, 0.05) is 18.2 Å². The maximum absolute atomic E-state index is 13.7. The number of anilines is 2. The molecule has 1 unspecified atom stereocenters. The quantitative estimate of drug-likeness (QED) is 0.642. The minimum absolute atomic E-state index is 0.000146. The molecule has 1 aromatic carbocycles. The first-order chi connectivity index (χ1) is 9.47. The number of halogens is 1. The molecule has 1 atom stereocenters. The first-order valence-electron chi connectivity index (χ1n) is 7.07. The van der Waals surface area contributed by atoms with Gasteiger partial charge in [-0.25, -0.2) is 4.39 Å². The summed E-state index contributed by atoms with van der Waals surface area (Å²) in [4.78, 5) is 0. The van der Waals surface area contributed by atoms with Crippen LogP contribution in [0, 0.1) is 11.7 Å². The summed E-state index contributed by atoms with van der Waals surface area (Å²) in [6, 6.07) is 2.70. The highest BCUT2D eigenvalue weighted by Gasteiger charge is 2.14. The van der Waals surface area contributed by atoms with Crippen LogP contribution >= 0.6 is 0 Å². The van der Waals surface area contributed by atoms with E-state index < -0.39 is 5.82 Å². The Balaban J connectivity index is 2.87. The monoisotopic (exact) mass is 284 g/mol. The lowest BCUT2D eigenvalue weighted by molar-refractivity contribution is 0.259. The van der Waals surface area contributed by atoms with Crippen molar-refractivity contribution in [2.45, 2.75) is 39.7 Å². The first-order valence-corrected chi connectivity index (χ1v) is 7.07. The second-order valence-corrected chi connectivity index (χ2v) is 5.37. The van der Waals surface area contributed by atoms with E-state index in [4.69, 9.17) is 10.5 Å². The molecule has 0 saturated carbocycles. The van der Waals surface area contributed by atoms with Gasteiger partial charge in [-0.15, -0.1) is 0 Å². The highest BCUT2D eigenvalue weighted by atomic mass is 19.1. The molecular weight excluding hydrogens is 259 g/mol. The van der Waals surface area contributed by atoms with Crippen molar-refractivity contribution < 1.29 is 14.2 Å². The lowest BCUT2D eigenvalue weighted by Crippen LogP contribution is -2.26. The molecule has 0 aromatic heterocycles. The molecule has 5 heteroatoms. The number of nitrogen functional groups attached to an aromatic ring is 1. The minimum atomic E-state index is -0.467. The van der Waals surface area contributed by atoms with Crippen LogP contribution in [0.2, 0.25) is 0 Å². The van der Waals surface area contributed by atoms with Gasteiger partial charge in [0.1, 0.15) is 0 Å². The molecule has 0 heterocycles. The summed E-state index contributed by atoms with van der Waals surface area (Å²) in [6.45, 7) is 6.57. The van der Waals surface area contributed by atoms with Gasteiger partial charge >= 0.3 is 0 Å². The molecule has 0 aliphatic rings. The maximum Gasteiger partial charge on any atom is 0.167 e. The Kier molecular flexibility index (Phi) is 6.58. The number of hydrogen-bond donors (Lipinski definition) is 3. The smallest absolute Gasteiger partial charge is 0.167 e. The molecule has 0 bridgehead atoms. The van der Waals surface area contributed by atoms with Crippen LogP contribution in [0.4, 0.5) is 15.8 Å². The Labute approximate surface area is 120 Å². The van der Waals surface area contributed by atoms with Gasteiger partial charge in [-0.05, 0) is 18.8 Å². The molecule has 0 spiro atoms. The van der Waals surface area contributed by atoms with Crippen molar-refractivity contribution in [2.75, 3.05) is 24.3 Å². The van der Waals surface area contributed by atoms with Crippen molar-refractivity contribution in [3.8, 4) is 5.75 Å². The lowest BCUT2D eigenvalue weighted by Gasteiger charge is -2.21. The molecule has 1 aromatic rings. The van der Waals surface area contributed by atoms with Gasteiger partial charge in [-0.3, -0.25) is 0 Å². The van der Waals surface area contributed by atoms with Crippen molar-refractivity contribution in [1.82, 2.24) is 0 Å². The summed E-state index contributed by atoms with van der Waals surface area (Å²) >= 11 is 0. The van der Waals surface area contributed by atoms with Gasteiger partial charge in [-0.2, -0.15) is 0 Å². The van der Waals surface area contributed by atoms with E-state index in [2.05, 4.69) is 19.2 Å². The van der Waals surface area contributed by atoms with Crippen molar-refractivity contribution in [3.05, 3.63) is 17.9 Å². The fourth-order valence-electron chi connectivity index (χ4n) is 1.98. The van der Waals surface area contributed by atoms with E-state index in [9.17, 15) is 9.50 Å². The molecule has 0 saturated heterocycles. The summed E-state index contributed by atoms with van der Waals surface area (Å²) in [6.07, 6.45) is 1.61. The molecule has 0 fully saturated rings. The van der Waals surface area contributed by atoms with Crippen molar-refractivity contribution in [2.24, 2.45) is 5.92 Å². The molecule has 0 amide bonds. The third-order valence-corrected chi connectivity index (χ3v) is 2.90. The second-order valence-electron chi connectivity index (χ2n) is 5.37. The Morgan fingerprint density at radius 3 is 2.65 bits per heavy atom. The molecule has 114 valence electrons. The summed E-state index contributed by atoms with van der Waals surface area (Å²) < 4.78 is 19.0. The number of nitrogens with one attached hydrogen (secondary N) is 1. The Hall–Kier alpha value is -1.49. The average Bonchev–Trinajstić information content (AvgIpc) is 2.38. The van der Waals surface area contributed by atoms with Crippen LogP contribution in [0.15, 0.2) is 12.1 Å². The number of benzene rings is 1. The summed E-state index contributed by atoms with van der Waals surface area (Å²) in [5, 5.41) is 12.5. The number of nitrogens with two attached hydrogens (primary N) is 1. The van der Waals surface area contributed by atoms with E-state index in [-0.39, 0.29) is 18.4 Å². The predicted octanol–water partition coefficient (Wildman–Crippen LogP) is 3.02. The number of aliphatic hydroxyl groups excluding tert-OH is 1. The van der Waals surface area contributed by atoms with Crippen LogP contribution in [-0.4, -0.2) is 24.4 Å². The van der Waals surface area contributed by atoms with E-state index >= 15 is 0 Å². The van der Waals surface area contributed by atoms with Gasteiger partial charge in [0.05, 0.1) is 24.6 Å². The van der Waals surface area contributed by atoms with Crippen LogP contribution < -0.4 is 15.8 Å². The zero-order chi connectivity index (χ0) is 15.1. The highest BCUT2D eigenvalue weighted by molar-refractivity contribution is 5.69. The summed E-state index contributed by atoms with van der Waals surface area (Å²) in [5.74, 6) is 0.160. The SMILES string of the molecule is CCCOc1cc(NC(CO)CC(C)C)c(N)cc1F. The standard InChI is InChI=1S/C15H25FN2O2/c1-4-5-20-15-8-14(13(17)7-12(15)16)18-11(9-19)6-10(2)3/h7-8,10-11,18-19H,4-6,9,17H2,1-3H3. The van der Waals surface area contributed by atoms with E-state index in [1.165, 1.54) is 6.07 Å². The molecule has 0 aliphatic heterocycles. The van der Waals surface area contributed by atoms with Crippen molar-refractivity contribution >= 4 is 11.4 Å². The van der Waals surface area contributed by atoms with E-state index in [1.54, 1.807) is 6.07 Å². The van der Waals surface area contributed by atoms with Gasteiger partial charge in [0.2, 0.25) is 0 Å². The summed E-state index contributed by atoms with van der Waals surface area (Å²) in [5.41, 5.74) is 6.72. The second kappa shape index (κ2) is 7.94. The lowest BCUT2D eigenvalue weighted by atomic mass is 10.0. The molecular formula is C15H25FN2O2. The topological polar surface area (TPSA) is 67.5 Å². The Morgan fingerprint density at radius 1 is 1.40 bits per heavy atom. The number of rotatable bonds is 8. The van der Waals surface area contributed by atoms with Crippen LogP contribution in [0.3, 0.4) is 0 Å². The Morgan fingerprint density at radius 2 is 2.10 bits per heavy atom. The van der Waals surface area contributed by atoms with Gasteiger partial charge in [0.25, 0.3) is 0 Å². The van der Waals surface area contributed by atoms with Crippen LogP contribution in [-0.2, 0) is 0 Å². The molecule has 1 rings (SSSR count). The zero-order valence-corrected chi connectivity index (χ0v) is 12.4. The molecule has 0 radical (unpaired) electrons. The van der Waals surface area contributed by atoms with Crippen LogP contribution in [0.25, 0.3) is 0 Å². The fourth-order valence-corrected chi connectivity index (χ4v) is 1.98. The highest BCUT2D eigenvalue weighted by Crippen LogP contribution is 2.29. The molecule has 4 N–H and O–H groups in total. The largest absolute Gasteiger partial charge is 0.490 e. The molecule has 0 aliphatic carbocycles. The molecule has 20 heavy (non-hydrogen) atoms. The molecule has 4 nitrogen and oxygen atoms in total. The van der Waals surface area contributed by atoms with Crippen molar-refractivity contribution in [1.29, 1.82) is 0 Å². The number of aliphatic hydroxyl groups is 1. The normalized spacial score (nSPS) is 12.5. The van der Waals surface area contributed by atoms with E-state index in [1.807, 2.05) is 6.92 Å². The number of ether oxygens (including phenoxy) is 1. The number of hydrogen-bond acceptors (Lipinski definition) is 4. The zero-order valence-electron chi connectivity index (χ0n) is 12.4. The van der Waals surface area contributed by atoms with E-state index in [0.717, 1.165) is 12.8 Å². The van der Waals surface area contributed by atoms with Crippen molar-refractivity contribution in [3.63, 3.8) is 0 Å². The minimum Gasteiger partial charge on any atom is -0.490 e. The third kappa shape index (κ3) is 4.89. The van der Waals surface area contributed by atoms with Gasteiger partial charge < -0.3 is 20.9 Å².